The fourth-order valence-corrected chi connectivity index (χ4v) is 14.7. The highest BCUT2D eigenvalue weighted by molar-refractivity contribution is 8.77. The minimum Gasteiger partial charge on any atom is -0.302 e. The summed E-state index contributed by atoms with van der Waals surface area (Å²) in [5.74, 6) is 4.43. The zero-order valence-electron chi connectivity index (χ0n) is 48.3. The second-order valence-electron chi connectivity index (χ2n) is 24.1. The minimum atomic E-state index is 0.677. The van der Waals surface area contributed by atoms with Gasteiger partial charge in [0.25, 0.3) is 0 Å². The van der Waals surface area contributed by atoms with E-state index < -0.39 is 0 Å². The van der Waals surface area contributed by atoms with Crippen LogP contribution in [-0.2, 0) is 0 Å². The van der Waals surface area contributed by atoms with Crippen LogP contribution in [0.25, 0.3) is 0 Å². The molecule has 68 heavy (non-hydrogen) atoms. The molecule has 0 aromatic heterocycles. The van der Waals surface area contributed by atoms with E-state index in [0.29, 0.717) is 10.5 Å². The molecule has 8 unspecified atom stereocenters. The van der Waals surface area contributed by atoms with Gasteiger partial charge in [-0.05, 0) is 76.3 Å². The fraction of sp³-hybridized carbons (Fsp3) is 1.00. The molecule has 0 heterocycles. The zero-order valence-corrected chi connectivity index (χ0v) is 49.9. The summed E-state index contributed by atoms with van der Waals surface area (Å²) >= 11 is 0. The van der Waals surface area contributed by atoms with Gasteiger partial charge in [-0.3, -0.25) is 0 Å². The van der Waals surface area contributed by atoms with Crippen molar-refractivity contribution in [3.05, 3.63) is 0 Å². The van der Waals surface area contributed by atoms with Gasteiger partial charge in [0.2, 0.25) is 0 Å². The molecule has 0 saturated heterocycles. The van der Waals surface area contributed by atoms with E-state index >= 15 is 0 Å². The Morgan fingerprint density at radius 3 is 0.750 bits per heavy atom. The van der Waals surface area contributed by atoms with Crippen LogP contribution in [0.4, 0.5) is 0 Å². The summed E-state index contributed by atoms with van der Waals surface area (Å²) in [4.78, 5) is 5.60. The lowest BCUT2D eigenvalue weighted by atomic mass is 9.98. The van der Waals surface area contributed by atoms with Gasteiger partial charge in [0.15, 0.2) is 0 Å². The van der Waals surface area contributed by atoms with Crippen LogP contribution in [0.5, 0.6) is 0 Å². The molecule has 2 fully saturated rings. The fourth-order valence-electron chi connectivity index (χ4n) is 12.2. The van der Waals surface area contributed by atoms with Crippen molar-refractivity contribution in [2.75, 3.05) is 27.2 Å². The summed E-state index contributed by atoms with van der Waals surface area (Å²) < 4.78 is 0. The predicted octanol–water partition coefficient (Wildman–Crippen LogP) is 22.3. The van der Waals surface area contributed by atoms with Gasteiger partial charge >= 0.3 is 0 Å². The Morgan fingerprint density at radius 2 is 0.515 bits per heavy atom. The third-order valence-corrected chi connectivity index (χ3v) is 20.6. The Kier molecular flexibility index (Phi) is 44.0. The highest BCUT2D eigenvalue weighted by Gasteiger charge is 2.36. The number of hydrogen-bond donors (Lipinski definition) is 0. The van der Waals surface area contributed by atoms with Crippen LogP contribution >= 0.6 is 21.6 Å². The van der Waals surface area contributed by atoms with Gasteiger partial charge in [-0.1, -0.05) is 320 Å². The maximum Gasteiger partial charge on any atom is 0.0250 e. The molecule has 2 rings (SSSR count). The van der Waals surface area contributed by atoms with E-state index in [1.807, 2.05) is 0 Å². The van der Waals surface area contributed by atoms with E-state index in [2.05, 4.69) is 87.0 Å². The van der Waals surface area contributed by atoms with Crippen molar-refractivity contribution >= 4 is 21.6 Å². The van der Waals surface area contributed by atoms with E-state index in [4.69, 9.17) is 0 Å². The molecule has 2 aliphatic rings. The van der Waals surface area contributed by atoms with Gasteiger partial charge in [0.1, 0.15) is 0 Å². The molecule has 0 bridgehead atoms. The number of rotatable bonds is 55. The van der Waals surface area contributed by atoms with Crippen molar-refractivity contribution in [3.63, 3.8) is 0 Å². The number of unbranched alkanes of at least 4 members (excludes halogenated alkanes) is 30. The first-order valence-corrected chi connectivity index (χ1v) is 34.3. The van der Waals surface area contributed by atoms with Crippen LogP contribution in [0.2, 0.25) is 0 Å². The Labute approximate surface area is 439 Å². The molecule has 0 aliphatic heterocycles. The molecule has 0 spiro atoms. The summed E-state index contributed by atoms with van der Waals surface area (Å²) in [7, 11) is 9.35. The molecule has 0 amide bonds. The molecule has 4 heteroatoms. The smallest absolute Gasteiger partial charge is 0.0250 e. The van der Waals surface area contributed by atoms with Crippen LogP contribution < -0.4 is 0 Å². The van der Waals surface area contributed by atoms with Crippen LogP contribution in [0.1, 0.15) is 337 Å². The van der Waals surface area contributed by atoms with Crippen LogP contribution in [-0.4, -0.2) is 59.6 Å². The lowest BCUT2D eigenvalue weighted by Gasteiger charge is -2.32. The third-order valence-electron chi connectivity index (χ3n) is 17.2. The van der Waals surface area contributed by atoms with Crippen molar-refractivity contribution in [1.29, 1.82) is 0 Å². The van der Waals surface area contributed by atoms with Crippen LogP contribution in [0.15, 0.2) is 0 Å². The van der Waals surface area contributed by atoms with Gasteiger partial charge in [0, 0.05) is 35.7 Å². The Balaban J connectivity index is 1.66. The quantitative estimate of drug-likeness (QED) is 0.0442. The zero-order chi connectivity index (χ0) is 49.1. The maximum absolute atomic E-state index is 2.80. The topological polar surface area (TPSA) is 6.48 Å². The van der Waals surface area contributed by atoms with Crippen molar-refractivity contribution in [2.24, 2.45) is 23.7 Å². The summed E-state index contributed by atoms with van der Waals surface area (Å²) in [5.41, 5.74) is 0. The van der Waals surface area contributed by atoms with Gasteiger partial charge in [-0.25, -0.2) is 0 Å². The third kappa shape index (κ3) is 37.4. The monoisotopic (exact) mass is 989 g/mol. The van der Waals surface area contributed by atoms with E-state index in [1.54, 1.807) is 12.8 Å². The first-order chi connectivity index (χ1) is 33.3. The Bertz CT molecular complexity index is 957. The maximum atomic E-state index is 2.80. The van der Waals surface area contributed by atoms with Gasteiger partial charge < -0.3 is 9.80 Å². The van der Waals surface area contributed by atoms with Crippen LogP contribution in [0.3, 0.4) is 0 Å². The average Bonchev–Trinajstić information content (AvgIpc) is 4.27. The molecule has 0 aromatic carbocycles. The molecule has 2 nitrogen and oxygen atoms in total. The second kappa shape index (κ2) is 46.2. The van der Waals surface area contributed by atoms with Crippen LogP contribution in [0, 0.1) is 23.7 Å². The van der Waals surface area contributed by atoms with E-state index in [9.17, 15) is 0 Å². The normalized spacial score (nSPS) is 19.9. The lowest BCUT2D eigenvalue weighted by Crippen LogP contribution is -2.36. The Morgan fingerprint density at radius 1 is 0.309 bits per heavy atom. The van der Waals surface area contributed by atoms with Crippen molar-refractivity contribution in [3.8, 4) is 0 Å². The van der Waals surface area contributed by atoms with Crippen molar-refractivity contribution in [1.82, 2.24) is 9.80 Å². The van der Waals surface area contributed by atoms with E-state index in [-0.39, 0.29) is 0 Å². The molecule has 8 atom stereocenters. The van der Waals surface area contributed by atoms with Crippen molar-refractivity contribution < 1.29 is 0 Å². The molecule has 0 N–H and O–H groups in total. The molecular weight excluding hydrogens is 861 g/mol. The molecule has 2 saturated carbocycles. The molecule has 2 aliphatic carbocycles. The van der Waals surface area contributed by atoms with Gasteiger partial charge in [-0.15, -0.1) is 0 Å². The largest absolute Gasteiger partial charge is 0.302 e. The number of nitrogens with zero attached hydrogens (tertiary/aromatic N) is 2. The highest BCUT2D eigenvalue weighted by Crippen LogP contribution is 2.47. The molecule has 0 aromatic rings. The van der Waals surface area contributed by atoms with Gasteiger partial charge in [-0.2, -0.15) is 0 Å². The summed E-state index contributed by atoms with van der Waals surface area (Å²) in [6, 6.07) is 1.54. The summed E-state index contributed by atoms with van der Waals surface area (Å²) in [6.45, 7) is 16.9. The minimum absolute atomic E-state index is 0.677. The van der Waals surface area contributed by atoms with Gasteiger partial charge in [0.05, 0.1) is 0 Å². The first kappa shape index (κ1) is 64.7. The standard InChI is InChI=1S/C64H128N2S2/c1-9-13-17-21-29-37-45-59-53-61(59)47-39-31-25-27-35-43-51-63(49-41-33-23-19-15-11-3)65(7)55-57(5)67-68-58(6)56-66(8)64(50-42-34-24-20-16-12-4)52-44-36-28-26-32-40-48-62-54-60(62)46-38-30-22-18-14-10-2/h57-64H,9-56H2,1-8H3. The SMILES string of the molecule is CCCCCCCCC1CC1CCCCCCCCC(CCCCCCCC)N(C)CC(C)SSC(C)CN(C)C(CCCCCCCC)CCCCCCCCC1CC1CCCCCCCC. The van der Waals surface area contributed by atoms with E-state index in [1.165, 1.54) is 296 Å². The second-order valence-corrected chi connectivity index (χ2v) is 27.3. The Hall–Kier alpha value is 0.620. The lowest BCUT2D eigenvalue weighted by molar-refractivity contribution is 0.211. The number of hydrogen-bond acceptors (Lipinski definition) is 4. The summed E-state index contributed by atoms with van der Waals surface area (Å²) in [5, 5.41) is 1.35. The highest BCUT2D eigenvalue weighted by atomic mass is 33.1. The van der Waals surface area contributed by atoms with E-state index in [0.717, 1.165) is 35.8 Å². The average molecular weight is 990 g/mol. The predicted molar refractivity (Wildman–Crippen MR) is 316 cm³/mol. The van der Waals surface area contributed by atoms with Crippen molar-refractivity contribution in [2.45, 2.75) is 359 Å². The summed E-state index contributed by atoms with van der Waals surface area (Å²) in [6.07, 6.45) is 67.2. The molecule has 406 valence electrons. The molecular formula is C64H128N2S2. The molecule has 0 radical (unpaired) electrons. The first-order valence-electron chi connectivity index (χ1n) is 32.0.